The summed E-state index contributed by atoms with van der Waals surface area (Å²) in [7, 11) is 1.47. The Morgan fingerprint density at radius 1 is 1.67 bits per heavy atom. The Labute approximate surface area is 87.9 Å². The van der Waals surface area contributed by atoms with E-state index in [2.05, 4.69) is 11.2 Å². The number of phenols is 1. The van der Waals surface area contributed by atoms with Gasteiger partial charge < -0.3 is 15.2 Å². The molecule has 1 aromatic carbocycles. The van der Waals surface area contributed by atoms with Gasteiger partial charge in [-0.1, -0.05) is 5.92 Å². The van der Waals surface area contributed by atoms with Crippen molar-refractivity contribution >= 4 is 12.0 Å². The summed E-state index contributed by atoms with van der Waals surface area (Å²) in [6.07, 6.45) is 5.65. The van der Waals surface area contributed by atoms with E-state index in [0.717, 1.165) is 0 Å². The first-order chi connectivity index (χ1) is 7.22. The van der Waals surface area contributed by atoms with Crippen LogP contribution in [0.15, 0.2) is 12.1 Å². The highest BCUT2D eigenvalue weighted by Crippen LogP contribution is 2.31. The van der Waals surface area contributed by atoms with Crippen LogP contribution in [-0.4, -0.2) is 25.0 Å². The van der Waals surface area contributed by atoms with Gasteiger partial charge in [-0.2, -0.15) is 0 Å². The summed E-state index contributed by atoms with van der Waals surface area (Å²) in [5.41, 5.74) is 0.733. The molecule has 0 saturated heterocycles. The Morgan fingerprint density at radius 3 is 2.93 bits per heavy atom. The molecule has 0 aromatic heterocycles. The second-order valence-corrected chi connectivity index (χ2v) is 2.79. The highest BCUT2D eigenvalue weighted by atomic mass is 16.5. The van der Waals surface area contributed by atoms with Crippen LogP contribution in [0.25, 0.3) is 0 Å². The Balaban J connectivity index is 3.10. The fourth-order valence-electron chi connectivity index (χ4n) is 1.13. The van der Waals surface area contributed by atoms with Crippen LogP contribution < -0.4 is 10.1 Å². The number of hydrogen-bond acceptors (Lipinski definition) is 4. The van der Waals surface area contributed by atoms with Gasteiger partial charge >= 0.3 is 0 Å². The maximum Gasteiger partial charge on any atom is 0.153 e. The van der Waals surface area contributed by atoms with Crippen LogP contribution in [0.3, 0.4) is 0 Å². The number of hydrogen-bond donors (Lipinski definition) is 2. The van der Waals surface area contributed by atoms with E-state index in [1.54, 1.807) is 0 Å². The standard InChI is InChI=1S/C11H11NO3/c1-3-4-12-9-6-10(14)8(7-13)5-11(9)15-2/h1,5-7,12,14H,4H2,2H3. The highest BCUT2D eigenvalue weighted by Gasteiger charge is 2.08. The van der Waals surface area contributed by atoms with Gasteiger partial charge in [-0.25, -0.2) is 0 Å². The van der Waals surface area contributed by atoms with Crippen LogP contribution in [0.2, 0.25) is 0 Å². The number of anilines is 1. The molecule has 15 heavy (non-hydrogen) atoms. The molecule has 4 nitrogen and oxygen atoms in total. The van der Waals surface area contributed by atoms with E-state index >= 15 is 0 Å². The van der Waals surface area contributed by atoms with Crippen LogP contribution in [0, 0.1) is 12.3 Å². The van der Waals surface area contributed by atoms with E-state index in [1.807, 2.05) is 0 Å². The van der Waals surface area contributed by atoms with Crippen LogP contribution in [0.4, 0.5) is 5.69 Å². The monoisotopic (exact) mass is 205 g/mol. The number of nitrogens with one attached hydrogen (secondary N) is 1. The summed E-state index contributed by atoms with van der Waals surface area (Å²) in [5, 5.41) is 12.3. The lowest BCUT2D eigenvalue weighted by Gasteiger charge is -2.10. The Kier molecular flexibility index (Phi) is 3.58. The molecule has 0 saturated carbocycles. The Morgan fingerprint density at radius 2 is 2.40 bits per heavy atom. The average molecular weight is 205 g/mol. The van der Waals surface area contributed by atoms with Crippen LogP contribution in [0.5, 0.6) is 11.5 Å². The number of benzene rings is 1. The molecule has 0 amide bonds. The molecule has 0 fully saturated rings. The van der Waals surface area contributed by atoms with Crippen molar-refractivity contribution in [2.24, 2.45) is 0 Å². The Bertz CT molecular complexity index is 407. The number of terminal acetylenes is 1. The minimum absolute atomic E-state index is 0.106. The summed E-state index contributed by atoms with van der Waals surface area (Å²) < 4.78 is 5.04. The van der Waals surface area contributed by atoms with Gasteiger partial charge in [-0.05, 0) is 6.07 Å². The van der Waals surface area contributed by atoms with Gasteiger partial charge in [-0.15, -0.1) is 6.42 Å². The van der Waals surface area contributed by atoms with Crippen molar-refractivity contribution in [3.63, 3.8) is 0 Å². The minimum Gasteiger partial charge on any atom is -0.507 e. The molecule has 2 N–H and O–H groups in total. The summed E-state index contributed by atoms with van der Waals surface area (Å²) in [6, 6.07) is 2.85. The number of methoxy groups -OCH3 is 1. The molecule has 0 unspecified atom stereocenters. The molecule has 0 spiro atoms. The Hall–Kier alpha value is -2.15. The molecular formula is C11H11NO3. The lowest BCUT2D eigenvalue weighted by Crippen LogP contribution is -2.01. The molecular weight excluding hydrogens is 194 g/mol. The van der Waals surface area contributed by atoms with Gasteiger partial charge in [0.25, 0.3) is 0 Å². The van der Waals surface area contributed by atoms with Gasteiger partial charge in [0.05, 0.1) is 24.9 Å². The van der Waals surface area contributed by atoms with Crippen LogP contribution in [0.1, 0.15) is 10.4 Å². The molecule has 0 aliphatic rings. The fourth-order valence-corrected chi connectivity index (χ4v) is 1.13. The lowest BCUT2D eigenvalue weighted by molar-refractivity contribution is 0.112. The smallest absolute Gasteiger partial charge is 0.153 e. The van der Waals surface area contributed by atoms with Crippen molar-refractivity contribution in [2.75, 3.05) is 19.0 Å². The maximum atomic E-state index is 10.6. The van der Waals surface area contributed by atoms with Crippen molar-refractivity contribution < 1.29 is 14.6 Å². The maximum absolute atomic E-state index is 10.6. The first kappa shape index (κ1) is 10.9. The molecule has 0 aliphatic heterocycles. The van der Waals surface area contributed by atoms with Crippen LogP contribution in [-0.2, 0) is 0 Å². The van der Waals surface area contributed by atoms with Crippen molar-refractivity contribution in [1.29, 1.82) is 0 Å². The largest absolute Gasteiger partial charge is 0.507 e. The molecule has 1 aromatic rings. The summed E-state index contributed by atoms with van der Waals surface area (Å²) in [6.45, 7) is 0.316. The molecule has 1 rings (SSSR count). The summed E-state index contributed by atoms with van der Waals surface area (Å²) in [4.78, 5) is 10.6. The summed E-state index contributed by atoms with van der Waals surface area (Å²) in [5.74, 6) is 2.75. The van der Waals surface area contributed by atoms with Crippen molar-refractivity contribution in [2.45, 2.75) is 0 Å². The third-order valence-corrected chi connectivity index (χ3v) is 1.86. The van der Waals surface area contributed by atoms with Gasteiger partial charge in [-0.3, -0.25) is 4.79 Å². The lowest BCUT2D eigenvalue weighted by atomic mass is 10.2. The number of aromatic hydroxyl groups is 1. The quantitative estimate of drug-likeness (QED) is 0.574. The molecule has 4 heteroatoms. The number of ether oxygens (including phenoxy) is 1. The summed E-state index contributed by atoms with van der Waals surface area (Å²) >= 11 is 0. The predicted octanol–water partition coefficient (Wildman–Crippen LogP) is 1.26. The number of aldehydes is 1. The first-order valence-corrected chi connectivity index (χ1v) is 4.26. The van der Waals surface area contributed by atoms with E-state index in [4.69, 9.17) is 11.2 Å². The molecule has 0 aliphatic carbocycles. The van der Waals surface area contributed by atoms with E-state index < -0.39 is 0 Å². The molecule has 78 valence electrons. The van der Waals surface area contributed by atoms with E-state index in [1.165, 1.54) is 19.2 Å². The SMILES string of the molecule is C#CCNc1cc(O)c(C=O)cc1OC. The second kappa shape index (κ2) is 4.91. The molecule has 0 radical (unpaired) electrons. The molecule has 0 atom stereocenters. The number of carbonyl (C=O) groups is 1. The van der Waals surface area contributed by atoms with Gasteiger partial charge in [0.15, 0.2) is 6.29 Å². The third-order valence-electron chi connectivity index (χ3n) is 1.86. The topological polar surface area (TPSA) is 58.6 Å². The van der Waals surface area contributed by atoms with Crippen molar-refractivity contribution in [3.05, 3.63) is 17.7 Å². The molecule has 0 heterocycles. The minimum atomic E-state index is -0.106. The van der Waals surface area contributed by atoms with Crippen LogP contribution >= 0.6 is 0 Å². The predicted molar refractivity (Wildman–Crippen MR) is 57.4 cm³/mol. The van der Waals surface area contributed by atoms with Gasteiger partial charge in [0, 0.05) is 6.07 Å². The van der Waals surface area contributed by atoms with Gasteiger partial charge in [0.1, 0.15) is 11.5 Å². The zero-order valence-corrected chi connectivity index (χ0v) is 8.28. The third kappa shape index (κ3) is 2.41. The van der Waals surface area contributed by atoms with E-state index in [0.29, 0.717) is 24.3 Å². The van der Waals surface area contributed by atoms with Gasteiger partial charge in [0.2, 0.25) is 0 Å². The zero-order chi connectivity index (χ0) is 11.3. The normalized spacial score (nSPS) is 9.07. The van der Waals surface area contributed by atoms with Crippen molar-refractivity contribution in [3.8, 4) is 23.8 Å². The first-order valence-electron chi connectivity index (χ1n) is 4.26. The number of carbonyl (C=O) groups excluding carboxylic acids is 1. The number of rotatable bonds is 4. The highest BCUT2D eigenvalue weighted by molar-refractivity contribution is 5.82. The second-order valence-electron chi connectivity index (χ2n) is 2.79. The fraction of sp³-hybridized carbons (Fsp3) is 0.182. The zero-order valence-electron chi connectivity index (χ0n) is 8.28. The van der Waals surface area contributed by atoms with E-state index in [9.17, 15) is 9.90 Å². The van der Waals surface area contributed by atoms with E-state index in [-0.39, 0.29) is 11.3 Å². The van der Waals surface area contributed by atoms with Crippen molar-refractivity contribution in [1.82, 2.24) is 0 Å². The number of phenolic OH excluding ortho intramolecular Hbond substituents is 1. The average Bonchev–Trinajstić information content (AvgIpc) is 2.26. The molecule has 0 bridgehead atoms.